The Morgan fingerprint density at radius 1 is 1.44 bits per heavy atom. The molecule has 0 saturated heterocycles. The molecule has 0 spiro atoms. The van der Waals surface area contributed by atoms with Gasteiger partial charge >= 0.3 is 0 Å². The molecule has 1 aromatic carbocycles. The van der Waals surface area contributed by atoms with Crippen LogP contribution in [-0.4, -0.2) is 23.6 Å². The first-order valence-corrected chi connectivity index (χ1v) is 7.70. The summed E-state index contributed by atoms with van der Waals surface area (Å²) >= 11 is 6.86. The van der Waals surface area contributed by atoms with E-state index in [1.54, 1.807) is 6.07 Å². The Morgan fingerprint density at radius 3 is 2.83 bits per heavy atom. The van der Waals surface area contributed by atoms with Crippen molar-refractivity contribution in [2.75, 3.05) is 6.61 Å². The molecule has 3 unspecified atom stereocenters. The Kier molecular flexibility index (Phi) is 5.04. The van der Waals surface area contributed by atoms with Gasteiger partial charge in [-0.15, -0.1) is 0 Å². The van der Waals surface area contributed by atoms with Crippen molar-refractivity contribution in [2.24, 2.45) is 0 Å². The molecule has 1 aliphatic carbocycles. The maximum atomic E-state index is 13.0. The highest BCUT2D eigenvalue weighted by atomic mass is 79.9. The molecule has 0 aliphatic heterocycles. The van der Waals surface area contributed by atoms with Crippen LogP contribution in [0.4, 0.5) is 4.39 Å². The van der Waals surface area contributed by atoms with Crippen LogP contribution in [-0.2, 0) is 4.74 Å². The lowest BCUT2D eigenvalue weighted by Crippen LogP contribution is -2.52. The fraction of sp³-hybridized carbons (Fsp3) is 0.538. The Hall–Kier alpha value is -0.130. The number of alkyl halides is 1. The second kappa shape index (κ2) is 6.35. The van der Waals surface area contributed by atoms with Crippen LogP contribution in [0.1, 0.15) is 19.8 Å². The zero-order valence-corrected chi connectivity index (χ0v) is 13.2. The molecule has 18 heavy (non-hydrogen) atoms. The van der Waals surface area contributed by atoms with Crippen LogP contribution in [0.5, 0.6) is 5.75 Å². The highest BCUT2D eigenvalue weighted by molar-refractivity contribution is 9.10. The van der Waals surface area contributed by atoms with Gasteiger partial charge in [-0.3, -0.25) is 0 Å². The minimum atomic E-state index is -0.278. The normalized spacial score (nSPS) is 26.8. The summed E-state index contributed by atoms with van der Waals surface area (Å²) < 4.78 is 25.2. The van der Waals surface area contributed by atoms with E-state index < -0.39 is 0 Å². The lowest BCUT2D eigenvalue weighted by molar-refractivity contribution is -0.0764. The summed E-state index contributed by atoms with van der Waals surface area (Å²) in [5.41, 5.74) is 0. The van der Waals surface area contributed by atoms with Gasteiger partial charge in [0.25, 0.3) is 0 Å². The Labute approximate surface area is 123 Å². The smallest absolute Gasteiger partial charge is 0.134 e. The van der Waals surface area contributed by atoms with Crippen molar-refractivity contribution in [3.63, 3.8) is 0 Å². The van der Waals surface area contributed by atoms with Crippen molar-refractivity contribution in [3.8, 4) is 5.75 Å². The first kappa shape index (κ1) is 14.3. The second-order valence-corrected chi connectivity index (χ2v) is 6.35. The van der Waals surface area contributed by atoms with Crippen LogP contribution >= 0.6 is 31.9 Å². The predicted molar refractivity (Wildman–Crippen MR) is 75.9 cm³/mol. The van der Waals surface area contributed by atoms with Gasteiger partial charge in [0.1, 0.15) is 23.8 Å². The van der Waals surface area contributed by atoms with Crippen molar-refractivity contribution in [2.45, 2.75) is 36.8 Å². The predicted octanol–water partition coefficient (Wildman–Crippen LogP) is 4.30. The molecule has 1 saturated carbocycles. The molecule has 5 heteroatoms. The average molecular weight is 382 g/mol. The highest BCUT2D eigenvalue weighted by Gasteiger charge is 2.42. The quantitative estimate of drug-likeness (QED) is 0.708. The molecule has 0 bridgehead atoms. The molecule has 0 heterocycles. The molecule has 1 aliphatic rings. The van der Waals surface area contributed by atoms with Gasteiger partial charge in [0.05, 0.1) is 4.47 Å². The van der Waals surface area contributed by atoms with E-state index in [9.17, 15) is 4.39 Å². The highest BCUT2D eigenvalue weighted by Crippen LogP contribution is 2.36. The zero-order chi connectivity index (χ0) is 13.1. The topological polar surface area (TPSA) is 18.5 Å². The molecule has 2 rings (SSSR count). The minimum absolute atomic E-state index is 0.0303. The molecular formula is C13H15Br2FO2. The van der Waals surface area contributed by atoms with Crippen molar-refractivity contribution >= 4 is 31.9 Å². The maximum absolute atomic E-state index is 13.0. The Morgan fingerprint density at radius 2 is 2.22 bits per heavy atom. The van der Waals surface area contributed by atoms with Crippen molar-refractivity contribution in [3.05, 3.63) is 28.5 Å². The van der Waals surface area contributed by atoms with Gasteiger partial charge in [0.2, 0.25) is 0 Å². The van der Waals surface area contributed by atoms with Crippen LogP contribution in [0, 0.1) is 5.82 Å². The second-order valence-electron chi connectivity index (χ2n) is 4.32. The van der Waals surface area contributed by atoms with E-state index in [-0.39, 0.29) is 18.0 Å². The molecule has 0 aromatic heterocycles. The van der Waals surface area contributed by atoms with E-state index in [4.69, 9.17) is 9.47 Å². The fourth-order valence-corrected chi connectivity index (χ4v) is 3.15. The van der Waals surface area contributed by atoms with Gasteiger partial charge in [-0.05, 0) is 40.5 Å². The van der Waals surface area contributed by atoms with Crippen molar-refractivity contribution in [1.82, 2.24) is 0 Å². The van der Waals surface area contributed by atoms with E-state index in [0.717, 1.165) is 19.4 Å². The number of hydrogen-bond donors (Lipinski definition) is 0. The first-order valence-electron chi connectivity index (χ1n) is 5.99. The standard InChI is InChI=1S/C13H15Br2FO2/c1-2-5-17-13-10(15)7-12(13)18-11-4-3-8(16)6-9(11)14/h3-4,6,10,12-13H,2,5,7H2,1H3. The monoisotopic (exact) mass is 380 g/mol. The number of halogens is 3. The number of benzene rings is 1. The molecule has 0 amide bonds. The van der Waals surface area contributed by atoms with E-state index in [1.807, 2.05) is 0 Å². The van der Waals surface area contributed by atoms with Crippen LogP contribution in [0.25, 0.3) is 0 Å². The van der Waals surface area contributed by atoms with Gasteiger partial charge in [-0.25, -0.2) is 4.39 Å². The molecule has 3 atom stereocenters. The summed E-state index contributed by atoms with van der Waals surface area (Å²) in [5.74, 6) is 0.380. The van der Waals surface area contributed by atoms with Crippen LogP contribution in [0.3, 0.4) is 0 Å². The molecule has 0 N–H and O–H groups in total. The molecule has 1 fully saturated rings. The third kappa shape index (κ3) is 3.25. The van der Waals surface area contributed by atoms with Gasteiger partial charge in [-0.1, -0.05) is 22.9 Å². The van der Waals surface area contributed by atoms with E-state index >= 15 is 0 Å². The lowest BCUT2D eigenvalue weighted by Gasteiger charge is -2.41. The number of hydrogen-bond acceptors (Lipinski definition) is 2. The molecular weight excluding hydrogens is 367 g/mol. The van der Waals surface area contributed by atoms with Gasteiger partial charge in [0, 0.05) is 17.9 Å². The largest absolute Gasteiger partial charge is 0.486 e. The maximum Gasteiger partial charge on any atom is 0.134 e. The van der Waals surface area contributed by atoms with E-state index in [1.165, 1.54) is 12.1 Å². The number of ether oxygens (including phenoxy) is 2. The van der Waals surface area contributed by atoms with Gasteiger partial charge in [0.15, 0.2) is 0 Å². The van der Waals surface area contributed by atoms with Gasteiger partial charge < -0.3 is 9.47 Å². The summed E-state index contributed by atoms with van der Waals surface area (Å²) in [5, 5.41) is 0. The molecule has 0 radical (unpaired) electrons. The Bertz CT molecular complexity index is 414. The van der Waals surface area contributed by atoms with E-state index in [0.29, 0.717) is 15.0 Å². The van der Waals surface area contributed by atoms with Crippen LogP contribution in [0.15, 0.2) is 22.7 Å². The summed E-state index contributed by atoms with van der Waals surface area (Å²) in [6, 6.07) is 4.44. The summed E-state index contributed by atoms with van der Waals surface area (Å²) in [6.45, 7) is 2.81. The third-order valence-corrected chi connectivity index (χ3v) is 4.38. The summed E-state index contributed by atoms with van der Waals surface area (Å²) in [4.78, 5) is 0.341. The van der Waals surface area contributed by atoms with Crippen molar-refractivity contribution in [1.29, 1.82) is 0 Å². The summed E-state index contributed by atoms with van der Waals surface area (Å²) in [6.07, 6.45) is 1.99. The minimum Gasteiger partial charge on any atom is -0.486 e. The molecule has 100 valence electrons. The average Bonchev–Trinajstić information content (AvgIpc) is 2.32. The number of rotatable bonds is 5. The lowest BCUT2D eigenvalue weighted by atomic mass is 9.91. The molecule has 2 nitrogen and oxygen atoms in total. The van der Waals surface area contributed by atoms with Crippen molar-refractivity contribution < 1.29 is 13.9 Å². The van der Waals surface area contributed by atoms with E-state index in [2.05, 4.69) is 38.8 Å². The third-order valence-electron chi connectivity index (χ3n) is 2.87. The van der Waals surface area contributed by atoms with Crippen LogP contribution < -0.4 is 4.74 Å². The van der Waals surface area contributed by atoms with Gasteiger partial charge in [-0.2, -0.15) is 0 Å². The first-order chi connectivity index (χ1) is 8.61. The SMILES string of the molecule is CCCOC1C(Br)CC1Oc1ccc(F)cc1Br. The molecule has 1 aromatic rings. The Balaban J connectivity index is 1.96. The fourth-order valence-electron chi connectivity index (χ4n) is 1.84. The summed E-state index contributed by atoms with van der Waals surface area (Å²) in [7, 11) is 0. The van der Waals surface area contributed by atoms with Crippen LogP contribution in [0.2, 0.25) is 0 Å². The zero-order valence-electron chi connectivity index (χ0n) is 10.0.